The molecule has 10 heteroatoms. The molecule has 0 bridgehead atoms. The molecule has 0 atom stereocenters. The summed E-state index contributed by atoms with van der Waals surface area (Å²) in [6.07, 6.45) is 21.9. The van der Waals surface area contributed by atoms with E-state index < -0.39 is 17.4 Å². The van der Waals surface area contributed by atoms with E-state index >= 15 is 0 Å². The number of anilines is 2. The molecule has 4 aromatic carbocycles. The van der Waals surface area contributed by atoms with Crippen LogP contribution in [-0.2, 0) is 41.5 Å². The van der Waals surface area contributed by atoms with Gasteiger partial charge >= 0.3 is 23.9 Å². The van der Waals surface area contributed by atoms with Gasteiger partial charge in [-0.1, -0.05) is 101 Å². The van der Waals surface area contributed by atoms with Crippen molar-refractivity contribution in [2.24, 2.45) is 29.1 Å². The molecule has 6 rings (SSSR count). The third-order valence-corrected chi connectivity index (χ3v) is 13.5. The summed E-state index contributed by atoms with van der Waals surface area (Å²) in [5, 5.41) is 0. The number of hydrogen-bond acceptors (Lipinski definition) is 10. The van der Waals surface area contributed by atoms with E-state index in [1.807, 2.05) is 48.5 Å². The van der Waals surface area contributed by atoms with Gasteiger partial charge in [0.2, 0.25) is 0 Å². The van der Waals surface area contributed by atoms with Crippen LogP contribution in [0.3, 0.4) is 0 Å². The molecule has 2 aliphatic rings. The molecule has 2 saturated carbocycles. The van der Waals surface area contributed by atoms with Crippen molar-refractivity contribution in [1.29, 1.82) is 0 Å². The number of carbonyl (C=O) groups excluding carboxylic acids is 4. The summed E-state index contributed by atoms with van der Waals surface area (Å²) in [6.45, 7) is 4.28. The smallest absolute Gasteiger partial charge is 0.330 e. The maximum atomic E-state index is 13.4. The topological polar surface area (TPSA) is 157 Å². The second kappa shape index (κ2) is 25.7. The Labute approximate surface area is 397 Å². The summed E-state index contributed by atoms with van der Waals surface area (Å²) in [6, 6.07) is 29.0. The van der Waals surface area contributed by atoms with Crippen LogP contribution in [-0.4, -0.2) is 37.1 Å². The third-order valence-electron chi connectivity index (χ3n) is 13.5. The van der Waals surface area contributed by atoms with E-state index in [0.717, 1.165) is 73.6 Å². The molecule has 0 unspecified atom stereocenters. The van der Waals surface area contributed by atoms with E-state index in [9.17, 15) is 19.2 Å². The molecule has 2 fully saturated rings. The van der Waals surface area contributed by atoms with Crippen molar-refractivity contribution in [3.63, 3.8) is 0 Å². The lowest BCUT2D eigenvalue weighted by Crippen LogP contribution is -2.38. The molecule has 67 heavy (non-hydrogen) atoms. The average molecular weight is 911 g/mol. The highest BCUT2D eigenvalue weighted by Crippen LogP contribution is 2.35. The first-order valence-electron chi connectivity index (χ1n) is 24.5. The van der Waals surface area contributed by atoms with E-state index in [1.165, 1.54) is 50.7 Å². The Morgan fingerprint density at radius 2 is 0.881 bits per heavy atom. The van der Waals surface area contributed by atoms with Gasteiger partial charge in [-0.05, 0) is 159 Å². The van der Waals surface area contributed by atoms with Gasteiger partial charge in [-0.3, -0.25) is 9.59 Å². The van der Waals surface area contributed by atoms with Crippen LogP contribution in [0.1, 0.15) is 126 Å². The Hall–Kier alpha value is -6.16. The Bertz CT molecular complexity index is 2070. The molecule has 4 N–H and O–H groups in total. The average Bonchev–Trinajstić information content (AvgIpc) is 3.35. The molecule has 356 valence electrons. The van der Waals surface area contributed by atoms with Gasteiger partial charge in [0.05, 0.1) is 11.8 Å². The third kappa shape index (κ3) is 16.6. The number of nitrogens with two attached hydrogens (primary N) is 2. The molecule has 0 saturated heterocycles. The van der Waals surface area contributed by atoms with Crippen LogP contribution in [0.15, 0.2) is 109 Å². The van der Waals surface area contributed by atoms with Crippen molar-refractivity contribution in [2.75, 3.05) is 24.7 Å². The molecule has 0 radical (unpaired) electrons. The van der Waals surface area contributed by atoms with Gasteiger partial charge in [0.25, 0.3) is 0 Å². The van der Waals surface area contributed by atoms with Crippen LogP contribution in [0.5, 0.6) is 11.5 Å². The highest BCUT2D eigenvalue weighted by atomic mass is 16.6. The van der Waals surface area contributed by atoms with E-state index in [1.54, 1.807) is 60.7 Å². The molecule has 0 heterocycles. The standard InChI is InChI=1S/C57H70N2O8/c1-3-5-7-41-9-23-47(24-10-41)55(62)66-51-31-17-43(18-32-51)21-35-53(60)64-39-57(37-45-13-27-49(58)28-14-45,38-46-15-29-50(59)30-16-46)40-65-54(61)36-22-44-19-33-52(34-20-44)67-56(63)48-25-11-42(12-26-48)8-6-4-2/h13-22,27-36,41-42,47-48H,3-12,23-26,37-40,58-59H2,1-2H3/b35-21+,36-22+. The normalized spacial score (nSPS) is 18.7. The van der Waals surface area contributed by atoms with E-state index in [-0.39, 0.29) is 37.0 Å². The zero-order valence-corrected chi connectivity index (χ0v) is 39.5. The maximum Gasteiger partial charge on any atom is 0.330 e. The van der Waals surface area contributed by atoms with Gasteiger partial charge in [-0.15, -0.1) is 0 Å². The van der Waals surface area contributed by atoms with E-state index in [4.69, 9.17) is 30.4 Å². The van der Waals surface area contributed by atoms with Crippen LogP contribution in [0, 0.1) is 29.1 Å². The van der Waals surface area contributed by atoms with Gasteiger partial charge < -0.3 is 30.4 Å². The summed E-state index contributed by atoms with van der Waals surface area (Å²) in [5.41, 5.74) is 15.7. The number of unbranched alkanes of at least 4 members (excludes halogenated alkanes) is 2. The number of ether oxygens (including phenoxy) is 4. The summed E-state index contributed by atoms with van der Waals surface area (Å²) < 4.78 is 23.4. The summed E-state index contributed by atoms with van der Waals surface area (Å²) in [7, 11) is 0. The van der Waals surface area contributed by atoms with Gasteiger partial charge in [-0.2, -0.15) is 0 Å². The molecule has 2 aliphatic carbocycles. The molecular weight excluding hydrogens is 841 g/mol. The Morgan fingerprint density at radius 1 is 0.522 bits per heavy atom. The molecular formula is C57H70N2O8. The second-order valence-corrected chi connectivity index (χ2v) is 18.9. The Balaban J connectivity index is 1.07. The first kappa shape index (κ1) is 50.3. The van der Waals surface area contributed by atoms with Crippen LogP contribution in [0.2, 0.25) is 0 Å². The van der Waals surface area contributed by atoms with Crippen LogP contribution >= 0.6 is 0 Å². The highest BCUT2D eigenvalue weighted by Gasteiger charge is 2.35. The quantitative estimate of drug-likeness (QED) is 0.0336. The van der Waals surface area contributed by atoms with Crippen molar-refractivity contribution in [3.8, 4) is 11.5 Å². The molecule has 4 aromatic rings. The first-order chi connectivity index (χ1) is 32.5. The zero-order valence-electron chi connectivity index (χ0n) is 39.5. The molecule has 0 aliphatic heterocycles. The van der Waals surface area contributed by atoms with Crippen LogP contribution in [0.25, 0.3) is 12.2 Å². The van der Waals surface area contributed by atoms with Crippen molar-refractivity contribution >= 4 is 47.4 Å². The van der Waals surface area contributed by atoms with Gasteiger partial charge in [0, 0.05) is 28.9 Å². The fourth-order valence-corrected chi connectivity index (χ4v) is 9.37. The fraction of sp³-hybridized carbons (Fsp3) is 0.439. The number of carbonyl (C=O) groups is 4. The van der Waals surface area contributed by atoms with Gasteiger partial charge in [0.15, 0.2) is 0 Å². The lowest BCUT2D eigenvalue weighted by atomic mass is 9.77. The molecule has 0 spiro atoms. The monoisotopic (exact) mass is 911 g/mol. The predicted octanol–water partition coefficient (Wildman–Crippen LogP) is 11.9. The molecule has 10 nitrogen and oxygen atoms in total. The number of hydrogen-bond donors (Lipinski definition) is 2. The van der Waals surface area contributed by atoms with Crippen molar-refractivity contribution in [1.82, 2.24) is 0 Å². The zero-order chi connectivity index (χ0) is 47.4. The number of rotatable bonds is 22. The minimum absolute atomic E-state index is 0.0716. The fourth-order valence-electron chi connectivity index (χ4n) is 9.37. The highest BCUT2D eigenvalue weighted by molar-refractivity contribution is 5.88. The predicted molar refractivity (Wildman–Crippen MR) is 266 cm³/mol. The van der Waals surface area contributed by atoms with Crippen molar-refractivity contribution in [3.05, 3.63) is 131 Å². The lowest BCUT2D eigenvalue weighted by molar-refractivity contribution is -0.148. The number of nitrogen functional groups attached to an aromatic ring is 2. The van der Waals surface area contributed by atoms with Crippen LogP contribution < -0.4 is 20.9 Å². The van der Waals surface area contributed by atoms with Gasteiger partial charge in [-0.25, -0.2) is 9.59 Å². The van der Waals surface area contributed by atoms with Gasteiger partial charge in [0.1, 0.15) is 24.7 Å². The van der Waals surface area contributed by atoms with Crippen LogP contribution in [0.4, 0.5) is 11.4 Å². The number of esters is 4. The minimum Gasteiger partial charge on any atom is -0.462 e. The Kier molecular flexibility index (Phi) is 19.3. The summed E-state index contributed by atoms with van der Waals surface area (Å²) >= 11 is 0. The SMILES string of the molecule is CCCCC1CCC(C(=O)Oc2ccc(/C=C/C(=O)OCC(COC(=O)/C=C/c3ccc(OC(=O)C4CCC(CCCC)CC4)cc3)(Cc3ccc(N)cc3)Cc3ccc(N)cc3)cc2)CC1. The molecule has 0 amide bonds. The lowest BCUT2D eigenvalue weighted by Gasteiger charge is -2.33. The summed E-state index contributed by atoms with van der Waals surface area (Å²) in [5.74, 6) is 0.716. The number of benzene rings is 4. The van der Waals surface area contributed by atoms with E-state index in [0.29, 0.717) is 47.6 Å². The minimum atomic E-state index is -0.889. The van der Waals surface area contributed by atoms with E-state index in [2.05, 4.69) is 13.8 Å². The first-order valence-corrected chi connectivity index (χ1v) is 24.5. The van der Waals surface area contributed by atoms with Crippen molar-refractivity contribution < 1.29 is 38.1 Å². The molecule has 0 aromatic heterocycles. The summed E-state index contributed by atoms with van der Waals surface area (Å²) in [4.78, 5) is 52.6. The maximum absolute atomic E-state index is 13.4. The Morgan fingerprint density at radius 3 is 1.22 bits per heavy atom. The largest absolute Gasteiger partial charge is 0.462 e. The second-order valence-electron chi connectivity index (χ2n) is 18.9. The van der Waals surface area contributed by atoms with Crippen molar-refractivity contribution in [2.45, 2.75) is 117 Å².